The van der Waals surface area contributed by atoms with E-state index in [0.29, 0.717) is 12.2 Å². The molecule has 0 aliphatic rings. The highest BCUT2D eigenvalue weighted by Crippen LogP contribution is 2.37. The Balaban J connectivity index is 2.74. The number of esters is 1. The van der Waals surface area contributed by atoms with E-state index in [0.717, 1.165) is 0 Å². The highest BCUT2D eigenvalue weighted by Gasteiger charge is 2.38. The number of aromatic nitrogens is 1. The monoisotopic (exact) mass is 430 g/mol. The lowest BCUT2D eigenvalue weighted by molar-refractivity contribution is 0.0563. The van der Waals surface area contributed by atoms with Crippen LogP contribution in [0.25, 0.3) is 0 Å². The largest absolute Gasteiger partial charge is 0.465 e. The topological polar surface area (TPSA) is 79.1 Å². The van der Waals surface area contributed by atoms with Gasteiger partial charge in [0.1, 0.15) is 11.8 Å². The summed E-state index contributed by atoms with van der Waals surface area (Å²) in [6, 6.07) is 1.34. The van der Waals surface area contributed by atoms with Gasteiger partial charge in [0, 0.05) is 25.7 Å². The third kappa shape index (κ3) is 6.18. The van der Waals surface area contributed by atoms with Crippen molar-refractivity contribution in [3.05, 3.63) is 32.7 Å². The van der Waals surface area contributed by atoms with E-state index >= 15 is 0 Å². The molecule has 158 valence electrons. The van der Waals surface area contributed by atoms with Crippen LogP contribution in [0.15, 0.2) is 16.0 Å². The van der Waals surface area contributed by atoms with Crippen LogP contribution in [-0.4, -0.2) is 44.9 Å². The molecule has 1 aromatic rings. The van der Waals surface area contributed by atoms with Gasteiger partial charge >= 0.3 is 5.97 Å². The summed E-state index contributed by atoms with van der Waals surface area (Å²) < 4.78 is 12.1. The zero-order chi connectivity index (χ0) is 21.7. The number of hydrogen-bond donors (Lipinski definition) is 0. The Labute approximate surface area is 172 Å². The average molecular weight is 431 g/mol. The second-order valence-electron chi connectivity index (χ2n) is 8.20. The van der Waals surface area contributed by atoms with Gasteiger partial charge in [-0.3, -0.25) is 4.79 Å². The highest BCUT2D eigenvalue weighted by atomic mass is 35.5. The van der Waals surface area contributed by atoms with E-state index in [1.54, 1.807) is 0 Å². The smallest absolute Gasteiger partial charge is 0.341 e. The Bertz CT molecular complexity index is 784. The molecule has 1 unspecified atom stereocenters. The van der Waals surface area contributed by atoms with Crippen LogP contribution in [0.4, 0.5) is 0 Å². The zero-order valence-electron chi connectivity index (χ0n) is 18.0. The van der Waals surface area contributed by atoms with Gasteiger partial charge in [0.05, 0.1) is 18.8 Å². The quantitative estimate of drug-likeness (QED) is 0.206. The molecular formula is C19H31ClN2O5Si. The molecule has 0 saturated carbocycles. The lowest BCUT2D eigenvalue weighted by Crippen LogP contribution is -2.44. The molecule has 1 aromatic heterocycles. The Morgan fingerprint density at radius 1 is 1.39 bits per heavy atom. The van der Waals surface area contributed by atoms with Crippen LogP contribution in [0.2, 0.25) is 23.3 Å². The summed E-state index contributed by atoms with van der Waals surface area (Å²) in [5, 5.41) is 4.06. The van der Waals surface area contributed by atoms with Gasteiger partial charge in [0.25, 0.3) is 5.56 Å². The summed E-state index contributed by atoms with van der Waals surface area (Å²) in [4.78, 5) is 29.3. The van der Waals surface area contributed by atoms with Crippen molar-refractivity contribution >= 4 is 32.1 Å². The number of hydrogen-bond acceptors (Lipinski definition) is 6. The first kappa shape index (κ1) is 24.4. The van der Waals surface area contributed by atoms with Crippen molar-refractivity contribution in [3.8, 4) is 0 Å². The molecule has 28 heavy (non-hydrogen) atoms. The number of carbonyl (C=O) groups is 1. The first-order valence-electron chi connectivity index (χ1n) is 9.10. The molecule has 0 spiro atoms. The molecule has 0 aliphatic heterocycles. The average Bonchev–Trinajstić information content (AvgIpc) is 2.57. The SMILES string of the molecule is COC(=O)c1c(CC=NOCC(C)O[Si](C)(C)C(C)(C)C)cc(=O)n(C)c1Cl. The van der Waals surface area contributed by atoms with Gasteiger partial charge in [-0.1, -0.05) is 37.5 Å². The maximum atomic E-state index is 12.0. The predicted molar refractivity (Wildman–Crippen MR) is 114 cm³/mol. The molecule has 1 atom stereocenters. The summed E-state index contributed by atoms with van der Waals surface area (Å²) in [7, 11) is 0.880. The predicted octanol–water partition coefficient (Wildman–Crippen LogP) is 3.78. The molecule has 0 radical (unpaired) electrons. The second kappa shape index (κ2) is 9.71. The minimum atomic E-state index is -1.87. The van der Waals surface area contributed by atoms with Crippen molar-refractivity contribution in [1.29, 1.82) is 0 Å². The van der Waals surface area contributed by atoms with Gasteiger partial charge < -0.3 is 18.6 Å². The standard InChI is InChI=1S/C19H31ClN2O5Si/c1-13(27-28(7,8)19(2,3)4)12-26-21-10-9-14-11-15(23)22(5)17(20)16(14)18(24)25-6/h10-11,13H,9,12H2,1-8H3. The minimum Gasteiger partial charge on any atom is -0.465 e. The van der Waals surface area contributed by atoms with Crippen LogP contribution in [0.5, 0.6) is 0 Å². The number of carbonyl (C=O) groups excluding carboxylic acids is 1. The first-order valence-corrected chi connectivity index (χ1v) is 12.4. The molecule has 9 heteroatoms. The lowest BCUT2D eigenvalue weighted by Gasteiger charge is -2.38. The molecular weight excluding hydrogens is 400 g/mol. The fourth-order valence-corrected chi connectivity index (χ4v) is 3.95. The van der Waals surface area contributed by atoms with E-state index in [9.17, 15) is 9.59 Å². The van der Waals surface area contributed by atoms with Gasteiger partial charge in [-0.25, -0.2) is 4.79 Å². The number of methoxy groups -OCH3 is 1. The maximum absolute atomic E-state index is 12.0. The highest BCUT2D eigenvalue weighted by molar-refractivity contribution is 6.74. The summed E-state index contributed by atoms with van der Waals surface area (Å²) in [6.07, 6.45) is 1.59. The van der Waals surface area contributed by atoms with E-state index < -0.39 is 14.3 Å². The van der Waals surface area contributed by atoms with E-state index in [1.165, 1.54) is 31.0 Å². The Hall–Kier alpha value is -1.64. The van der Waals surface area contributed by atoms with Crippen LogP contribution < -0.4 is 5.56 Å². The van der Waals surface area contributed by atoms with Crippen LogP contribution in [0.3, 0.4) is 0 Å². The lowest BCUT2D eigenvalue weighted by atomic mass is 10.1. The van der Waals surface area contributed by atoms with E-state index in [-0.39, 0.29) is 33.8 Å². The van der Waals surface area contributed by atoms with Crippen molar-refractivity contribution < 1.29 is 18.8 Å². The molecule has 0 aromatic carbocycles. The zero-order valence-corrected chi connectivity index (χ0v) is 19.7. The van der Waals surface area contributed by atoms with E-state index in [1.807, 2.05) is 6.92 Å². The van der Waals surface area contributed by atoms with E-state index in [4.69, 9.17) is 25.6 Å². The van der Waals surface area contributed by atoms with E-state index in [2.05, 4.69) is 39.0 Å². The summed E-state index contributed by atoms with van der Waals surface area (Å²) in [6.45, 7) is 13.2. The Kier molecular flexibility index (Phi) is 8.46. The van der Waals surface area contributed by atoms with Crippen LogP contribution in [-0.2, 0) is 27.5 Å². The minimum absolute atomic E-state index is 0.0278. The first-order chi connectivity index (χ1) is 12.8. The van der Waals surface area contributed by atoms with Gasteiger partial charge in [-0.15, -0.1) is 0 Å². The number of rotatable bonds is 8. The molecule has 7 nitrogen and oxygen atoms in total. The van der Waals surface area contributed by atoms with Crippen molar-refractivity contribution in [2.75, 3.05) is 13.7 Å². The summed E-state index contributed by atoms with van der Waals surface area (Å²) in [5.41, 5.74) is 0.253. The molecule has 1 heterocycles. The van der Waals surface area contributed by atoms with Crippen molar-refractivity contribution in [2.24, 2.45) is 12.2 Å². The Morgan fingerprint density at radius 3 is 2.54 bits per heavy atom. The molecule has 0 aliphatic carbocycles. The van der Waals surface area contributed by atoms with Gasteiger partial charge in [-0.05, 0) is 30.6 Å². The summed E-state index contributed by atoms with van der Waals surface area (Å²) >= 11 is 6.13. The maximum Gasteiger partial charge on any atom is 0.341 e. The van der Waals surface area contributed by atoms with Crippen molar-refractivity contribution in [2.45, 2.75) is 58.4 Å². The van der Waals surface area contributed by atoms with Crippen LogP contribution >= 0.6 is 11.6 Å². The number of pyridine rings is 1. The van der Waals surface area contributed by atoms with Gasteiger partial charge in [-0.2, -0.15) is 0 Å². The van der Waals surface area contributed by atoms with Crippen LogP contribution in [0, 0.1) is 0 Å². The van der Waals surface area contributed by atoms with Gasteiger partial charge in [0.15, 0.2) is 8.32 Å². The number of ether oxygens (including phenoxy) is 1. The molecule has 0 bridgehead atoms. The van der Waals surface area contributed by atoms with Crippen LogP contribution in [0.1, 0.15) is 43.6 Å². The molecule has 0 amide bonds. The molecule has 0 N–H and O–H groups in total. The summed E-state index contributed by atoms with van der Waals surface area (Å²) in [5.74, 6) is -0.610. The van der Waals surface area contributed by atoms with Crippen molar-refractivity contribution in [3.63, 3.8) is 0 Å². The van der Waals surface area contributed by atoms with Crippen molar-refractivity contribution in [1.82, 2.24) is 4.57 Å². The third-order valence-corrected chi connectivity index (χ3v) is 9.96. The second-order valence-corrected chi connectivity index (χ2v) is 13.3. The number of nitrogens with zero attached hydrogens (tertiary/aromatic N) is 2. The Morgan fingerprint density at radius 2 is 2.00 bits per heavy atom. The molecule has 0 saturated heterocycles. The number of halogens is 1. The molecule has 0 fully saturated rings. The fraction of sp³-hybridized carbons (Fsp3) is 0.632. The fourth-order valence-electron chi connectivity index (χ4n) is 2.24. The number of oxime groups is 1. The van der Waals surface area contributed by atoms with Gasteiger partial charge in [0.2, 0.25) is 0 Å². The molecule has 1 rings (SSSR count). The normalized spacial score (nSPS) is 13.6. The third-order valence-electron chi connectivity index (χ3n) is 4.91.